The maximum Gasteiger partial charge on any atom is 0.238 e. The summed E-state index contributed by atoms with van der Waals surface area (Å²) in [6.07, 6.45) is 7.71. The van der Waals surface area contributed by atoms with Crippen molar-refractivity contribution >= 4 is 5.91 Å². The van der Waals surface area contributed by atoms with Gasteiger partial charge in [0.1, 0.15) is 0 Å². The fourth-order valence-corrected chi connectivity index (χ4v) is 6.77. The van der Waals surface area contributed by atoms with Gasteiger partial charge in [0.2, 0.25) is 5.91 Å². The van der Waals surface area contributed by atoms with Crippen molar-refractivity contribution in [2.24, 2.45) is 16.7 Å². The first-order valence-electron chi connectivity index (χ1n) is 8.66. The smallest absolute Gasteiger partial charge is 0.238 e. The summed E-state index contributed by atoms with van der Waals surface area (Å²) in [5, 5.41) is 10.2. The highest BCUT2D eigenvalue weighted by atomic mass is 16.2. The van der Waals surface area contributed by atoms with Crippen molar-refractivity contribution in [3.63, 3.8) is 0 Å². The first-order valence-corrected chi connectivity index (χ1v) is 8.66. The number of carbonyl (C=O) groups excluding carboxylic acids is 1. The van der Waals surface area contributed by atoms with Gasteiger partial charge in [-0.3, -0.25) is 4.79 Å². The Morgan fingerprint density at radius 3 is 2.33 bits per heavy atom. The van der Waals surface area contributed by atoms with E-state index in [9.17, 15) is 4.79 Å². The predicted octanol–water partition coefficient (Wildman–Crippen LogP) is 1.41. The Balaban J connectivity index is 1.52. The summed E-state index contributed by atoms with van der Waals surface area (Å²) in [5.41, 5.74) is 0.999. The quantitative estimate of drug-likeness (QED) is 0.721. The lowest BCUT2D eigenvalue weighted by atomic mass is 9.43. The molecule has 0 aromatic heterocycles. The summed E-state index contributed by atoms with van der Waals surface area (Å²) in [6, 6.07) is -0.0487. The van der Waals surface area contributed by atoms with E-state index >= 15 is 0 Å². The minimum absolute atomic E-state index is 0.0487. The van der Waals surface area contributed by atoms with Crippen LogP contribution >= 0.6 is 0 Å². The van der Waals surface area contributed by atoms with Crippen molar-refractivity contribution < 1.29 is 4.79 Å². The van der Waals surface area contributed by atoms with E-state index in [1.165, 1.54) is 38.5 Å². The number of hydrogen-bond donors (Lipinski definition) is 3. The standard InChI is InChI=1S/C17H29N3O/c1-15-5-12-6-16(2,9-15)11-17(7-12,10-15)20-14(21)13-8-18-3-4-19-13/h12-13,18-19H,3-11H2,1-2H3,(H,20,21). The molecule has 1 amide bonds. The van der Waals surface area contributed by atoms with Crippen molar-refractivity contribution in [1.29, 1.82) is 0 Å². The molecule has 4 bridgehead atoms. The summed E-state index contributed by atoms with van der Waals surface area (Å²) in [7, 11) is 0. The molecule has 3 N–H and O–H groups in total. The third-order valence-electron chi connectivity index (χ3n) is 6.37. The molecule has 5 fully saturated rings. The molecule has 4 nitrogen and oxygen atoms in total. The van der Waals surface area contributed by atoms with E-state index in [0.29, 0.717) is 10.8 Å². The molecule has 21 heavy (non-hydrogen) atoms. The molecule has 0 spiro atoms. The second kappa shape index (κ2) is 4.45. The maximum atomic E-state index is 12.7. The molecule has 4 aliphatic carbocycles. The molecule has 3 atom stereocenters. The molecule has 118 valence electrons. The van der Waals surface area contributed by atoms with Gasteiger partial charge < -0.3 is 16.0 Å². The van der Waals surface area contributed by atoms with E-state index in [1.54, 1.807) is 0 Å². The Kier molecular flexibility index (Phi) is 2.97. The van der Waals surface area contributed by atoms with E-state index in [2.05, 4.69) is 29.8 Å². The molecular weight excluding hydrogens is 262 g/mol. The average molecular weight is 291 g/mol. The van der Waals surface area contributed by atoms with Crippen molar-refractivity contribution in [3.8, 4) is 0 Å². The van der Waals surface area contributed by atoms with Gasteiger partial charge in [-0.15, -0.1) is 0 Å². The van der Waals surface area contributed by atoms with Crippen molar-refractivity contribution in [2.75, 3.05) is 19.6 Å². The number of rotatable bonds is 2. The van der Waals surface area contributed by atoms with Gasteiger partial charge in [0.25, 0.3) is 0 Å². The van der Waals surface area contributed by atoms with E-state index in [-0.39, 0.29) is 17.5 Å². The monoisotopic (exact) mass is 291 g/mol. The minimum Gasteiger partial charge on any atom is -0.349 e. The average Bonchev–Trinajstić information content (AvgIpc) is 2.34. The highest BCUT2D eigenvalue weighted by molar-refractivity contribution is 5.83. The molecule has 0 radical (unpaired) electrons. The summed E-state index contributed by atoms with van der Waals surface area (Å²) < 4.78 is 0. The fourth-order valence-electron chi connectivity index (χ4n) is 6.77. The molecule has 5 aliphatic rings. The van der Waals surface area contributed by atoms with Crippen LogP contribution in [0.15, 0.2) is 0 Å². The first kappa shape index (κ1) is 14.0. The lowest BCUT2D eigenvalue weighted by Gasteiger charge is -2.65. The highest BCUT2D eigenvalue weighted by Gasteiger charge is 2.60. The molecule has 4 saturated carbocycles. The molecule has 1 heterocycles. The van der Waals surface area contributed by atoms with Gasteiger partial charge in [0, 0.05) is 25.2 Å². The van der Waals surface area contributed by atoms with Crippen molar-refractivity contribution in [2.45, 2.75) is 64.0 Å². The number of amides is 1. The number of carbonyl (C=O) groups is 1. The maximum absolute atomic E-state index is 12.7. The fraction of sp³-hybridized carbons (Fsp3) is 0.941. The third kappa shape index (κ3) is 2.40. The minimum atomic E-state index is -0.0487. The lowest BCUT2D eigenvalue weighted by molar-refractivity contribution is -0.141. The second-order valence-corrected chi connectivity index (χ2v) is 9.11. The van der Waals surface area contributed by atoms with Crippen LogP contribution in [-0.4, -0.2) is 37.1 Å². The summed E-state index contributed by atoms with van der Waals surface area (Å²) in [4.78, 5) is 12.7. The van der Waals surface area contributed by atoms with Gasteiger partial charge in [-0.05, 0) is 55.3 Å². The van der Waals surface area contributed by atoms with E-state index in [4.69, 9.17) is 0 Å². The lowest BCUT2D eigenvalue weighted by Crippen LogP contribution is -2.68. The third-order valence-corrected chi connectivity index (χ3v) is 6.37. The molecule has 0 aromatic carbocycles. The topological polar surface area (TPSA) is 53.2 Å². The largest absolute Gasteiger partial charge is 0.349 e. The molecule has 3 unspecified atom stereocenters. The normalized spacial score (nSPS) is 51.9. The molecule has 5 rings (SSSR count). The second-order valence-electron chi connectivity index (χ2n) is 9.11. The molecule has 4 heteroatoms. The molecule has 1 aliphatic heterocycles. The Morgan fingerprint density at radius 1 is 1.05 bits per heavy atom. The van der Waals surface area contributed by atoms with Crippen LogP contribution in [0.3, 0.4) is 0 Å². The molecule has 0 aromatic rings. The zero-order valence-corrected chi connectivity index (χ0v) is 13.4. The Labute approximate surface area is 127 Å². The van der Waals surface area contributed by atoms with E-state index in [0.717, 1.165) is 25.6 Å². The summed E-state index contributed by atoms with van der Waals surface area (Å²) in [5.74, 6) is 1.05. The van der Waals surface area contributed by atoms with Crippen molar-refractivity contribution in [1.82, 2.24) is 16.0 Å². The number of nitrogens with one attached hydrogen (secondary N) is 3. The van der Waals surface area contributed by atoms with Crippen LogP contribution in [0.4, 0.5) is 0 Å². The number of piperazine rings is 1. The van der Waals surface area contributed by atoms with Crippen LogP contribution in [0.1, 0.15) is 52.4 Å². The summed E-state index contributed by atoms with van der Waals surface area (Å²) >= 11 is 0. The van der Waals surface area contributed by atoms with Crippen LogP contribution in [0.25, 0.3) is 0 Å². The van der Waals surface area contributed by atoms with E-state index < -0.39 is 0 Å². The summed E-state index contributed by atoms with van der Waals surface area (Å²) in [6.45, 7) is 7.53. The van der Waals surface area contributed by atoms with Crippen LogP contribution < -0.4 is 16.0 Å². The SMILES string of the molecule is CC12CC3CC(C)(C1)CC(NC(=O)C1CNCCN1)(C3)C2. The zero-order valence-electron chi connectivity index (χ0n) is 13.4. The molecular formula is C17H29N3O. The van der Waals surface area contributed by atoms with Gasteiger partial charge >= 0.3 is 0 Å². The van der Waals surface area contributed by atoms with Crippen LogP contribution in [0, 0.1) is 16.7 Å². The van der Waals surface area contributed by atoms with Gasteiger partial charge in [0.05, 0.1) is 6.04 Å². The number of hydrogen-bond acceptors (Lipinski definition) is 3. The molecule has 1 saturated heterocycles. The predicted molar refractivity (Wildman–Crippen MR) is 82.9 cm³/mol. The van der Waals surface area contributed by atoms with Crippen molar-refractivity contribution in [3.05, 3.63) is 0 Å². The van der Waals surface area contributed by atoms with Gasteiger partial charge in [0.15, 0.2) is 0 Å². The van der Waals surface area contributed by atoms with Crippen LogP contribution in [0.5, 0.6) is 0 Å². The van der Waals surface area contributed by atoms with Gasteiger partial charge in [-0.25, -0.2) is 0 Å². The highest BCUT2D eigenvalue weighted by Crippen LogP contribution is 2.66. The zero-order chi connectivity index (χ0) is 14.7. The van der Waals surface area contributed by atoms with Gasteiger partial charge in [-0.2, -0.15) is 0 Å². The Bertz CT molecular complexity index is 439. The Hall–Kier alpha value is -0.610. The first-order chi connectivity index (χ1) is 9.90. The van der Waals surface area contributed by atoms with Crippen LogP contribution in [-0.2, 0) is 4.79 Å². The van der Waals surface area contributed by atoms with E-state index in [1.807, 2.05) is 0 Å². The Morgan fingerprint density at radius 2 is 1.76 bits per heavy atom. The van der Waals surface area contributed by atoms with Crippen LogP contribution in [0.2, 0.25) is 0 Å². The van der Waals surface area contributed by atoms with Gasteiger partial charge in [-0.1, -0.05) is 13.8 Å².